The number of oxazole rings is 1. The number of hydrogen-bond acceptors (Lipinski definition) is 11. The molecule has 15 nitrogen and oxygen atoms in total. The van der Waals surface area contributed by atoms with Gasteiger partial charge in [-0.1, -0.05) is 0 Å². The number of nitrogens with two attached hydrogens (primary N) is 2. The number of aliphatic hydroxyl groups is 1. The van der Waals surface area contributed by atoms with E-state index in [1.54, 1.807) is 24.3 Å². The second kappa shape index (κ2) is 18.6. The third-order valence-corrected chi connectivity index (χ3v) is 7.33. The molecule has 4 rings (SSSR count). The van der Waals surface area contributed by atoms with E-state index in [0.717, 1.165) is 38.4 Å². The van der Waals surface area contributed by atoms with Crippen LogP contribution in [0.15, 0.2) is 53.4 Å². The number of aliphatic hydroxyl groups excluding tert-OH is 1. The number of nitrogens with one attached hydrogen (secondary N) is 2. The van der Waals surface area contributed by atoms with E-state index in [-0.39, 0.29) is 52.3 Å². The van der Waals surface area contributed by atoms with Crippen LogP contribution < -0.4 is 22.1 Å². The molecule has 0 spiro atoms. The number of carbonyl (C=O) groups is 3. The second-order valence-electron chi connectivity index (χ2n) is 11.2. The van der Waals surface area contributed by atoms with Gasteiger partial charge in [-0.15, -0.1) is 0 Å². The van der Waals surface area contributed by atoms with Crippen LogP contribution in [0, 0.1) is 0 Å². The lowest BCUT2D eigenvalue weighted by Gasteiger charge is -2.15. The van der Waals surface area contributed by atoms with Crippen molar-refractivity contribution < 1.29 is 46.6 Å². The molecule has 0 unspecified atom stereocenters. The summed E-state index contributed by atoms with van der Waals surface area (Å²) < 4.78 is 57.2. The Balaban J connectivity index is 1.43. The van der Waals surface area contributed by atoms with Crippen molar-refractivity contribution in [3.63, 3.8) is 0 Å². The van der Waals surface area contributed by atoms with E-state index in [1.165, 1.54) is 23.1 Å². The van der Waals surface area contributed by atoms with Crippen molar-refractivity contribution in [3.8, 4) is 28.3 Å². The Morgan fingerprint density at radius 3 is 2.24 bits per heavy atom. The highest BCUT2D eigenvalue weighted by molar-refractivity contribution is 6.02. The van der Waals surface area contributed by atoms with Crippen LogP contribution in [-0.2, 0) is 9.47 Å². The number of primary amides is 2. The number of benzene rings is 1. The van der Waals surface area contributed by atoms with Crippen LogP contribution in [0.25, 0.3) is 28.3 Å². The van der Waals surface area contributed by atoms with Crippen molar-refractivity contribution in [1.29, 1.82) is 0 Å². The fourth-order valence-electron chi connectivity index (χ4n) is 4.83. The van der Waals surface area contributed by atoms with E-state index >= 15 is 0 Å². The van der Waals surface area contributed by atoms with Gasteiger partial charge in [0.1, 0.15) is 18.6 Å². The maximum Gasteiger partial charge on any atom is 0.405 e. The number of alkyl halides is 3. The van der Waals surface area contributed by atoms with Gasteiger partial charge in [-0.2, -0.15) is 18.3 Å². The third-order valence-electron chi connectivity index (χ3n) is 7.33. The summed E-state index contributed by atoms with van der Waals surface area (Å²) >= 11 is 0. The van der Waals surface area contributed by atoms with E-state index < -0.39 is 24.5 Å². The molecule has 0 bridgehead atoms. The number of nitrogens with zero attached hydrogens (tertiary/aromatic N) is 4. The molecule has 51 heavy (non-hydrogen) atoms. The molecule has 0 radical (unpaired) electrons. The van der Waals surface area contributed by atoms with E-state index in [4.69, 9.17) is 30.5 Å². The highest BCUT2D eigenvalue weighted by Gasteiger charge is 2.30. The first-order valence-corrected chi connectivity index (χ1v) is 16.1. The number of rotatable bonds is 21. The summed E-state index contributed by atoms with van der Waals surface area (Å²) in [7, 11) is 0. The fourth-order valence-corrected chi connectivity index (χ4v) is 4.83. The van der Waals surface area contributed by atoms with Gasteiger partial charge in [-0.05, 0) is 62.4 Å². The van der Waals surface area contributed by atoms with Crippen LogP contribution in [0.5, 0.6) is 0 Å². The molecule has 0 saturated heterocycles. The zero-order valence-electron chi connectivity index (χ0n) is 27.6. The molecule has 0 fully saturated rings. The first kappa shape index (κ1) is 38.5. The fraction of sp³-hybridized carbons (Fsp3) is 0.394. The van der Waals surface area contributed by atoms with Crippen LogP contribution in [-0.4, -0.2) is 94.9 Å². The average Bonchev–Trinajstić information content (AvgIpc) is 3.78. The number of unbranched alkanes of at least 4 members (excludes halogenated alkanes) is 3. The molecule has 3 heterocycles. The van der Waals surface area contributed by atoms with Crippen molar-refractivity contribution in [2.45, 2.75) is 38.3 Å². The van der Waals surface area contributed by atoms with Gasteiger partial charge >= 0.3 is 6.18 Å². The molecule has 0 saturated carbocycles. The van der Waals surface area contributed by atoms with E-state index in [2.05, 4.69) is 25.7 Å². The topological polar surface area (TPSA) is 223 Å². The summed E-state index contributed by atoms with van der Waals surface area (Å²) in [5.74, 6) is -2.66. The molecule has 274 valence electrons. The zero-order chi connectivity index (χ0) is 36.8. The van der Waals surface area contributed by atoms with Gasteiger partial charge in [0.2, 0.25) is 5.89 Å². The minimum Gasteiger partial charge on any atom is -0.444 e. The van der Waals surface area contributed by atoms with Gasteiger partial charge in [0.05, 0.1) is 24.5 Å². The normalized spacial score (nSPS) is 11.5. The largest absolute Gasteiger partial charge is 0.444 e. The average molecular weight is 717 g/mol. The summed E-state index contributed by atoms with van der Waals surface area (Å²) in [4.78, 5) is 45.0. The lowest BCUT2D eigenvalue weighted by molar-refractivity contribution is -0.115. The predicted molar refractivity (Wildman–Crippen MR) is 178 cm³/mol. The standard InChI is InChI=1S/C33H39F3N8O7/c34-33(35,36)20-41-30-26(23(10-12-39-30)32-42-25(19-51-32)28(37)46)24-18-44(43-27(24)29(38)47)22-8-6-21(7-9-22)31(48)40-11-2-1-4-14-49-16-17-50-15-5-3-13-45/h6-10,12,18-19,45H,1-5,11,13-17,20H2,(H2,37,46)(H2,38,47)(H,39,41)(H,40,48). The Labute approximate surface area is 290 Å². The summed E-state index contributed by atoms with van der Waals surface area (Å²) in [6.45, 7) is 1.36. The third kappa shape index (κ3) is 11.3. The molecule has 0 atom stereocenters. The quantitative estimate of drug-likeness (QED) is 0.0786. The maximum atomic E-state index is 13.2. The lowest BCUT2D eigenvalue weighted by atomic mass is 10.0. The molecule has 3 aromatic heterocycles. The van der Waals surface area contributed by atoms with Gasteiger partial charge < -0.3 is 41.1 Å². The molecule has 0 aliphatic heterocycles. The van der Waals surface area contributed by atoms with Crippen molar-refractivity contribution >= 4 is 23.5 Å². The smallest absolute Gasteiger partial charge is 0.405 e. The summed E-state index contributed by atoms with van der Waals surface area (Å²) in [5.41, 5.74) is 11.2. The minimum atomic E-state index is -4.62. The SMILES string of the molecule is NC(=O)c1coc(-c2ccnc(NCC(F)(F)F)c2-c2cn(-c3ccc(C(=O)NCCCCCOCCOCCCCO)cc3)nc2C(N)=O)n1. The number of amides is 3. The van der Waals surface area contributed by atoms with Crippen molar-refractivity contribution in [2.75, 3.05) is 51.4 Å². The molecular weight excluding hydrogens is 677 g/mol. The number of halogens is 3. The van der Waals surface area contributed by atoms with Crippen LogP contribution >= 0.6 is 0 Å². The van der Waals surface area contributed by atoms with Gasteiger partial charge in [-0.25, -0.2) is 14.6 Å². The molecule has 18 heteroatoms. The molecular formula is C33H39F3N8O7. The van der Waals surface area contributed by atoms with Crippen molar-refractivity contribution in [2.24, 2.45) is 11.5 Å². The predicted octanol–water partition coefficient (Wildman–Crippen LogP) is 3.47. The highest BCUT2D eigenvalue weighted by Crippen LogP contribution is 2.38. The number of pyridine rings is 1. The van der Waals surface area contributed by atoms with Crippen LogP contribution in [0.3, 0.4) is 0 Å². The molecule has 4 aromatic rings. The summed E-state index contributed by atoms with van der Waals surface area (Å²) in [5, 5.41) is 18.1. The Morgan fingerprint density at radius 2 is 1.61 bits per heavy atom. The van der Waals surface area contributed by atoms with Gasteiger partial charge in [-0.3, -0.25) is 14.4 Å². The number of carbonyl (C=O) groups excluding carboxylic acids is 3. The summed E-state index contributed by atoms with van der Waals surface area (Å²) in [6, 6.07) is 7.63. The van der Waals surface area contributed by atoms with Gasteiger partial charge in [0, 0.05) is 55.4 Å². The zero-order valence-corrected chi connectivity index (χ0v) is 27.6. The molecule has 0 aliphatic rings. The van der Waals surface area contributed by atoms with E-state index in [1.807, 2.05) is 0 Å². The number of hydrogen-bond donors (Lipinski definition) is 5. The van der Waals surface area contributed by atoms with E-state index in [9.17, 15) is 27.6 Å². The monoisotopic (exact) mass is 716 g/mol. The first-order chi connectivity index (χ1) is 24.5. The number of aromatic nitrogens is 4. The first-order valence-electron chi connectivity index (χ1n) is 16.1. The Bertz CT molecular complexity index is 1760. The maximum absolute atomic E-state index is 13.2. The number of anilines is 1. The van der Waals surface area contributed by atoms with Gasteiger partial charge in [0.25, 0.3) is 17.7 Å². The minimum absolute atomic E-state index is 0.0103. The second-order valence-corrected chi connectivity index (χ2v) is 11.2. The number of ether oxygens (including phenoxy) is 2. The van der Waals surface area contributed by atoms with Crippen molar-refractivity contribution in [1.82, 2.24) is 25.1 Å². The molecule has 0 aliphatic carbocycles. The molecule has 1 aromatic carbocycles. The lowest BCUT2D eigenvalue weighted by Crippen LogP contribution is -2.24. The van der Waals surface area contributed by atoms with Crippen LogP contribution in [0.4, 0.5) is 19.0 Å². The Hall–Kier alpha value is -5.33. The summed E-state index contributed by atoms with van der Waals surface area (Å²) in [6.07, 6.45) is 2.91. The Morgan fingerprint density at radius 1 is 0.902 bits per heavy atom. The molecule has 3 amide bonds. The van der Waals surface area contributed by atoms with Gasteiger partial charge in [0.15, 0.2) is 11.4 Å². The Kier molecular flexibility index (Phi) is 14.0. The molecule has 7 N–H and O–H groups in total. The highest BCUT2D eigenvalue weighted by atomic mass is 19.4. The van der Waals surface area contributed by atoms with Crippen molar-refractivity contribution in [3.05, 3.63) is 65.9 Å². The van der Waals surface area contributed by atoms with Crippen LogP contribution in [0.2, 0.25) is 0 Å². The van der Waals surface area contributed by atoms with E-state index in [0.29, 0.717) is 44.2 Å². The van der Waals surface area contributed by atoms with Crippen LogP contribution in [0.1, 0.15) is 63.4 Å².